The Balaban J connectivity index is 1.98. The monoisotopic (exact) mass is 453 g/mol. The summed E-state index contributed by atoms with van der Waals surface area (Å²) >= 11 is 3.52. The first-order valence-electron chi connectivity index (χ1n) is 9.35. The van der Waals surface area contributed by atoms with Gasteiger partial charge in [-0.2, -0.15) is 0 Å². The van der Waals surface area contributed by atoms with Crippen molar-refractivity contribution in [3.63, 3.8) is 0 Å². The fourth-order valence-corrected chi connectivity index (χ4v) is 6.35. The number of amides is 1. The summed E-state index contributed by atoms with van der Waals surface area (Å²) in [6, 6.07) is 3.15. The number of rotatable bonds is 3. The minimum atomic E-state index is -1.95. The van der Waals surface area contributed by atoms with E-state index in [1.165, 1.54) is 0 Å². The Labute approximate surface area is 170 Å². The summed E-state index contributed by atoms with van der Waals surface area (Å²) in [7, 11) is -1.95. The third-order valence-corrected chi connectivity index (χ3v) is 11.7. The van der Waals surface area contributed by atoms with E-state index in [-0.39, 0.29) is 28.5 Å². The molecule has 0 aromatic heterocycles. The van der Waals surface area contributed by atoms with E-state index in [0.717, 1.165) is 5.56 Å². The van der Waals surface area contributed by atoms with Gasteiger partial charge in [-0.1, -0.05) is 43.6 Å². The third kappa shape index (κ3) is 3.27. The Kier molecular flexibility index (Phi) is 4.89. The van der Waals surface area contributed by atoms with Gasteiger partial charge in [-0.05, 0) is 49.0 Å². The molecule has 0 radical (unpaired) electrons. The quantitative estimate of drug-likeness (QED) is 0.619. The van der Waals surface area contributed by atoms with E-state index in [1.54, 1.807) is 12.1 Å². The molecule has 7 heteroatoms. The predicted molar refractivity (Wildman–Crippen MR) is 112 cm³/mol. The zero-order valence-corrected chi connectivity index (χ0v) is 19.4. The molecule has 1 fully saturated rings. The van der Waals surface area contributed by atoms with Crippen LogP contribution >= 0.6 is 15.9 Å². The molecule has 148 valence electrons. The van der Waals surface area contributed by atoms with Crippen LogP contribution in [-0.4, -0.2) is 31.4 Å². The molecule has 0 saturated heterocycles. The summed E-state index contributed by atoms with van der Waals surface area (Å²) in [6.07, 6.45) is 1.36. The fourth-order valence-electron chi connectivity index (χ4n) is 4.08. The van der Waals surface area contributed by atoms with Crippen LogP contribution in [-0.2, 0) is 14.6 Å². The van der Waals surface area contributed by atoms with Crippen LogP contribution < -0.4 is 5.32 Å². The lowest BCUT2D eigenvalue weighted by Gasteiger charge is -2.39. The van der Waals surface area contributed by atoms with Gasteiger partial charge in [0.2, 0.25) is 5.91 Å². The second-order valence-corrected chi connectivity index (χ2v) is 15.1. The molecule has 3 unspecified atom stereocenters. The van der Waals surface area contributed by atoms with Crippen molar-refractivity contribution in [3.05, 3.63) is 27.7 Å². The number of nitrogens with one attached hydrogen (secondary N) is 1. The Morgan fingerprint density at radius 1 is 1.33 bits per heavy atom. The average Bonchev–Trinajstić information content (AvgIpc) is 2.95. The molecule has 5 nitrogen and oxygen atoms in total. The van der Waals surface area contributed by atoms with Gasteiger partial charge in [0, 0.05) is 21.8 Å². The molecule has 1 aliphatic heterocycles. The largest absolute Gasteiger partial charge is 0.478 e. The number of benzene rings is 1. The van der Waals surface area contributed by atoms with E-state index in [1.807, 2.05) is 0 Å². The molecule has 1 saturated carbocycles. The summed E-state index contributed by atoms with van der Waals surface area (Å²) in [5.41, 5.74) is 0.994. The van der Waals surface area contributed by atoms with Gasteiger partial charge in [-0.25, -0.2) is 4.79 Å². The molecule has 1 spiro atoms. The van der Waals surface area contributed by atoms with Crippen molar-refractivity contribution in [1.29, 1.82) is 0 Å². The first-order chi connectivity index (χ1) is 12.3. The highest BCUT2D eigenvalue weighted by Crippen LogP contribution is 2.55. The molecule has 3 rings (SSSR count). The van der Waals surface area contributed by atoms with Gasteiger partial charge in [0.25, 0.3) is 0 Å². The number of fused-ring (bicyclic) bond motifs is 2. The molecule has 1 aromatic rings. The van der Waals surface area contributed by atoms with Crippen LogP contribution in [0.4, 0.5) is 5.69 Å². The number of halogens is 1. The lowest BCUT2D eigenvalue weighted by atomic mass is 9.79. The minimum Gasteiger partial charge on any atom is -0.478 e. The highest BCUT2D eigenvalue weighted by molar-refractivity contribution is 9.10. The topological polar surface area (TPSA) is 75.6 Å². The van der Waals surface area contributed by atoms with Crippen LogP contribution in [0.15, 0.2) is 16.6 Å². The molecule has 2 aliphatic rings. The average molecular weight is 454 g/mol. The second kappa shape index (κ2) is 6.42. The Bertz CT molecular complexity index is 817. The van der Waals surface area contributed by atoms with Crippen LogP contribution in [0.3, 0.4) is 0 Å². The predicted octanol–water partition coefficient (Wildman–Crippen LogP) is 5.16. The molecule has 1 aromatic carbocycles. The maximum Gasteiger partial charge on any atom is 0.335 e. The van der Waals surface area contributed by atoms with E-state index < -0.39 is 19.7 Å². The molecule has 1 heterocycles. The number of carboxylic acid groups (broad SMARTS) is 1. The number of carbonyl (C=O) groups excluding carboxylic acids is 1. The molecule has 3 atom stereocenters. The summed E-state index contributed by atoms with van der Waals surface area (Å²) < 4.78 is 7.35. The maximum absolute atomic E-state index is 13.0. The van der Waals surface area contributed by atoms with Gasteiger partial charge in [-0.15, -0.1) is 0 Å². The van der Waals surface area contributed by atoms with Gasteiger partial charge in [0.1, 0.15) is 0 Å². The number of hydrogen-bond donors (Lipinski definition) is 2. The second-order valence-electron chi connectivity index (χ2n) is 9.52. The van der Waals surface area contributed by atoms with E-state index in [9.17, 15) is 14.7 Å². The van der Waals surface area contributed by atoms with Crippen molar-refractivity contribution < 1.29 is 19.1 Å². The third-order valence-electron chi connectivity index (χ3n) is 6.61. The fraction of sp³-hybridized carbons (Fsp3) is 0.600. The molecular formula is C20H28BrNO4Si. The molecular weight excluding hydrogens is 426 g/mol. The van der Waals surface area contributed by atoms with E-state index in [0.29, 0.717) is 23.0 Å². The highest BCUT2D eigenvalue weighted by atomic mass is 79.9. The summed E-state index contributed by atoms with van der Waals surface area (Å²) in [5, 5.41) is 12.3. The van der Waals surface area contributed by atoms with Crippen LogP contribution in [0.25, 0.3) is 0 Å². The van der Waals surface area contributed by atoms with Crippen LogP contribution in [0, 0.1) is 5.92 Å². The molecule has 2 N–H and O–H groups in total. The van der Waals surface area contributed by atoms with Crippen molar-refractivity contribution in [2.75, 3.05) is 5.32 Å². The van der Waals surface area contributed by atoms with Crippen molar-refractivity contribution >= 4 is 41.8 Å². The Hall–Kier alpha value is -1.18. The van der Waals surface area contributed by atoms with Gasteiger partial charge in [0.05, 0.1) is 11.0 Å². The van der Waals surface area contributed by atoms with Crippen molar-refractivity contribution in [3.8, 4) is 0 Å². The SMILES string of the molecule is CC1CC2(CC1O[Si](C)(C)C(C)(C)C)C(=O)Nc1cc(C(=O)O)cc(Br)c12. The zero-order chi connectivity index (χ0) is 20.4. The highest BCUT2D eigenvalue weighted by Gasteiger charge is 2.56. The van der Waals surface area contributed by atoms with E-state index in [2.05, 4.69) is 62.0 Å². The van der Waals surface area contributed by atoms with Crippen molar-refractivity contribution in [1.82, 2.24) is 0 Å². The number of anilines is 1. The number of carbonyl (C=O) groups is 2. The first-order valence-corrected chi connectivity index (χ1v) is 13.1. The minimum absolute atomic E-state index is 0.0219. The van der Waals surface area contributed by atoms with Crippen LogP contribution in [0.2, 0.25) is 18.1 Å². The zero-order valence-electron chi connectivity index (χ0n) is 16.8. The van der Waals surface area contributed by atoms with Crippen molar-refractivity contribution in [2.24, 2.45) is 5.92 Å². The maximum atomic E-state index is 13.0. The van der Waals surface area contributed by atoms with Gasteiger partial charge < -0.3 is 14.8 Å². The van der Waals surface area contributed by atoms with E-state index >= 15 is 0 Å². The first kappa shape index (κ1) is 20.5. The number of aromatic carboxylic acids is 1. The smallest absolute Gasteiger partial charge is 0.335 e. The molecule has 27 heavy (non-hydrogen) atoms. The molecule has 0 bridgehead atoms. The number of hydrogen-bond acceptors (Lipinski definition) is 3. The molecule has 1 amide bonds. The Morgan fingerprint density at radius 3 is 2.52 bits per heavy atom. The number of carboxylic acids is 1. The van der Waals surface area contributed by atoms with Crippen molar-refractivity contribution in [2.45, 2.75) is 70.2 Å². The lowest BCUT2D eigenvalue weighted by molar-refractivity contribution is -0.120. The summed E-state index contributed by atoms with van der Waals surface area (Å²) in [4.78, 5) is 24.4. The summed E-state index contributed by atoms with van der Waals surface area (Å²) in [5.74, 6) is -0.802. The molecule has 1 aliphatic carbocycles. The lowest BCUT2D eigenvalue weighted by Crippen LogP contribution is -2.45. The standard InChI is InChI=1S/C20H28BrNO4Si/c1-11-9-20(10-15(11)26-27(5,6)19(2,3)4)16-13(21)7-12(17(23)24)8-14(16)22-18(20)25/h7-8,11,15H,9-10H2,1-6H3,(H,22,25)(H,23,24). The Morgan fingerprint density at radius 2 is 1.96 bits per heavy atom. The normalized spacial score (nSPS) is 27.7. The van der Waals surface area contributed by atoms with Gasteiger partial charge >= 0.3 is 5.97 Å². The van der Waals surface area contributed by atoms with Crippen LogP contribution in [0.5, 0.6) is 0 Å². The van der Waals surface area contributed by atoms with E-state index in [4.69, 9.17) is 4.43 Å². The van der Waals surface area contributed by atoms with Gasteiger partial charge in [-0.3, -0.25) is 4.79 Å². The van der Waals surface area contributed by atoms with Crippen LogP contribution in [0.1, 0.15) is 56.5 Å². The summed E-state index contributed by atoms with van der Waals surface area (Å²) in [6.45, 7) is 13.3. The van der Waals surface area contributed by atoms with Gasteiger partial charge in [0.15, 0.2) is 8.32 Å².